The Morgan fingerprint density at radius 3 is 2.09 bits per heavy atom. The third-order valence-corrected chi connectivity index (χ3v) is 6.22. The van der Waals surface area contributed by atoms with E-state index in [9.17, 15) is 14.7 Å². The number of hydrogen-bond donors (Lipinski definition) is 4. The molecule has 0 fully saturated rings. The molecule has 1 amide bonds. The summed E-state index contributed by atoms with van der Waals surface area (Å²) in [6.45, 7) is 2.57. The number of benzene rings is 2. The fourth-order valence-electron chi connectivity index (χ4n) is 4.44. The van der Waals surface area contributed by atoms with E-state index in [1.807, 2.05) is 71.3 Å². The van der Waals surface area contributed by atoms with Gasteiger partial charge in [-0.3, -0.25) is 14.8 Å². The number of aliphatic hydroxyl groups is 1. The molecular formula is C27H33N3O4. The van der Waals surface area contributed by atoms with E-state index in [1.54, 1.807) is 5.48 Å². The molecule has 3 aromatic rings. The van der Waals surface area contributed by atoms with Crippen LogP contribution in [0.2, 0.25) is 0 Å². The van der Waals surface area contributed by atoms with E-state index in [0.717, 1.165) is 22.4 Å². The molecule has 0 atom stereocenters. The van der Waals surface area contributed by atoms with E-state index < -0.39 is 11.5 Å². The minimum absolute atomic E-state index is 0.0717. The molecule has 7 nitrogen and oxygen atoms in total. The van der Waals surface area contributed by atoms with Gasteiger partial charge in [0.05, 0.1) is 5.69 Å². The predicted octanol–water partition coefficient (Wildman–Crippen LogP) is 3.35. The van der Waals surface area contributed by atoms with Crippen LogP contribution in [0.1, 0.15) is 59.1 Å². The van der Waals surface area contributed by atoms with Gasteiger partial charge in [0.15, 0.2) is 5.78 Å². The summed E-state index contributed by atoms with van der Waals surface area (Å²) in [5.41, 5.74) is 10.1. The van der Waals surface area contributed by atoms with Crippen LogP contribution in [0.15, 0.2) is 66.7 Å². The van der Waals surface area contributed by atoms with Crippen LogP contribution in [0.4, 0.5) is 0 Å². The molecule has 2 aromatic carbocycles. The van der Waals surface area contributed by atoms with Gasteiger partial charge in [0.2, 0.25) is 5.91 Å². The largest absolute Gasteiger partial charge is 0.380 e. The number of nitrogens with two attached hydrogens (primary N) is 1. The first-order chi connectivity index (χ1) is 16.4. The van der Waals surface area contributed by atoms with Gasteiger partial charge in [-0.1, -0.05) is 60.7 Å². The average Bonchev–Trinajstić information content (AvgIpc) is 3.23. The molecule has 1 heterocycles. The topological polar surface area (TPSA) is 118 Å². The van der Waals surface area contributed by atoms with Gasteiger partial charge >= 0.3 is 0 Å². The summed E-state index contributed by atoms with van der Waals surface area (Å²) in [5, 5.41) is 20.9. The molecule has 0 aliphatic rings. The van der Waals surface area contributed by atoms with Gasteiger partial charge < -0.3 is 15.4 Å². The molecule has 180 valence electrons. The number of hydrogen-bond acceptors (Lipinski definition) is 5. The monoisotopic (exact) mass is 463 g/mol. The second-order valence-corrected chi connectivity index (χ2v) is 8.48. The van der Waals surface area contributed by atoms with E-state index in [0.29, 0.717) is 44.5 Å². The molecule has 5 N–H and O–H groups in total. The minimum Gasteiger partial charge on any atom is -0.380 e. The Morgan fingerprint density at radius 1 is 1.00 bits per heavy atom. The number of amides is 1. The molecule has 3 rings (SSSR count). The van der Waals surface area contributed by atoms with Gasteiger partial charge in [-0.25, -0.2) is 5.48 Å². The first-order valence-electron chi connectivity index (χ1n) is 11.6. The zero-order chi connectivity index (χ0) is 24.6. The maximum absolute atomic E-state index is 12.4. The second kappa shape index (κ2) is 11.7. The van der Waals surface area contributed by atoms with Gasteiger partial charge in [0.1, 0.15) is 5.60 Å². The van der Waals surface area contributed by atoms with Crippen molar-refractivity contribution in [2.75, 3.05) is 6.54 Å². The molecule has 0 unspecified atom stereocenters. The molecule has 34 heavy (non-hydrogen) atoms. The molecule has 0 saturated heterocycles. The molecule has 1 aromatic heterocycles. The first-order valence-corrected chi connectivity index (χ1v) is 11.6. The zero-order valence-corrected chi connectivity index (χ0v) is 19.5. The van der Waals surface area contributed by atoms with Crippen LogP contribution in [0.3, 0.4) is 0 Å². The summed E-state index contributed by atoms with van der Waals surface area (Å²) >= 11 is 0. The summed E-state index contributed by atoms with van der Waals surface area (Å²) in [4.78, 5) is 24.1. The summed E-state index contributed by atoms with van der Waals surface area (Å²) in [6, 6.07) is 20.9. The maximum Gasteiger partial charge on any atom is 0.243 e. The normalized spacial score (nSPS) is 11.4. The highest BCUT2D eigenvalue weighted by molar-refractivity contribution is 5.93. The van der Waals surface area contributed by atoms with Gasteiger partial charge in [0.25, 0.3) is 0 Å². The van der Waals surface area contributed by atoms with E-state index >= 15 is 0 Å². The van der Waals surface area contributed by atoms with Crippen LogP contribution in [0, 0.1) is 0 Å². The van der Waals surface area contributed by atoms with E-state index in [4.69, 9.17) is 10.9 Å². The quantitative estimate of drug-likeness (QED) is 0.187. The highest BCUT2D eigenvalue weighted by Crippen LogP contribution is 2.35. The van der Waals surface area contributed by atoms with Crippen molar-refractivity contribution in [3.63, 3.8) is 0 Å². The summed E-state index contributed by atoms with van der Waals surface area (Å²) in [6.07, 6.45) is 2.01. The van der Waals surface area contributed by atoms with Crippen LogP contribution < -0.4 is 11.2 Å². The third kappa shape index (κ3) is 5.80. The van der Waals surface area contributed by atoms with Crippen LogP contribution in [-0.2, 0) is 29.8 Å². The zero-order valence-electron chi connectivity index (χ0n) is 19.5. The van der Waals surface area contributed by atoms with Gasteiger partial charge in [-0.2, -0.15) is 0 Å². The lowest BCUT2D eigenvalue weighted by Gasteiger charge is -2.30. The van der Waals surface area contributed by atoms with Gasteiger partial charge in [0, 0.05) is 25.6 Å². The fraction of sp³-hybridized carbons (Fsp3) is 0.333. The number of ketones is 1. The number of carbonyl (C=O) groups is 2. The fourth-order valence-corrected chi connectivity index (χ4v) is 4.44. The van der Waals surface area contributed by atoms with Crippen molar-refractivity contribution < 1.29 is 19.9 Å². The minimum atomic E-state index is -1.23. The number of nitrogens with one attached hydrogen (secondary N) is 1. The van der Waals surface area contributed by atoms with Crippen molar-refractivity contribution in [3.8, 4) is 0 Å². The second-order valence-electron chi connectivity index (χ2n) is 8.48. The number of aromatic nitrogens is 1. The number of hydroxylamine groups is 1. The number of rotatable bonds is 12. The maximum atomic E-state index is 12.4. The molecular weight excluding hydrogens is 430 g/mol. The van der Waals surface area contributed by atoms with Crippen molar-refractivity contribution in [2.24, 2.45) is 5.73 Å². The average molecular weight is 464 g/mol. The summed E-state index contributed by atoms with van der Waals surface area (Å²) < 4.78 is 1.97. The predicted molar refractivity (Wildman–Crippen MR) is 131 cm³/mol. The number of Topliss-reactive ketones (excluding diaryl/α,β-unsaturated/α-hetero) is 1. The summed E-state index contributed by atoms with van der Waals surface area (Å²) in [7, 11) is 0. The van der Waals surface area contributed by atoms with E-state index in [2.05, 4.69) is 0 Å². The van der Waals surface area contributed by atoms with Crippen LogP contribution in [0.25, 0.3) is 0 Å². The molecule has 0 radical (unpaired) electrons. The Bertz CT molecular complexity index is 1050. The van der Waals surface area contributed by atoms with Crippen molar-refractivity contribution in [3.05, 3.63) is 94.8 Å². The van der Waals surface area contributed by atoms with Crippen molar-refractivity contribution >= 4 is 11.7 Å². The van der Waals surface area contributed by atoms with Crippen molar-refractivity contribution in [1.82, 2.24) is 10.0 Å². The number of nitrogens with zero attached hydrogens (tertiary/aromatic N) is 1. The Labute approximate surface area is 200 Å². The standard InChI is InChI=1S/C27H33N3O4/c1-20(31)25-19-21(13-14-26(32)29-34)24(30(25)18-8-17-28)15-16-27(33,22-9-4-2-5-10-22)23-11-6-3-7-12-23/h2-7,9-12,19,33-34H,8,13-18,28H2,1H3,(H,29,32). The van der Waals surface area contributed by atoms with Crippen LogP contribution in [0.5, 0.6) is 0 Å². The Balaban J connectivity index is 2.02. The first kappa shape index (κ1) is 25.4. The third-order valence-electron chi connectivity index (χ3n) is 6.22. The molecule has 7 heteroatoms. The molecule has 0 spiro atoms. The molecule has 0 aliphatic heterocycles. The Kier molecular flexibility index (Phi) is 8.76. The van der Waals surface area contributed by atoms with Crippen LogP contribution in [-0.4, -0.2) is 33.1 Å². The lowest BCUT2D eigenvalue weighted by atomic mass is 9.82. The van der Waals surface area contributed by atoms with Crippen LogP contribution >= 0.6 is 0 Å². The highest BCUT2D eigenvalue weighted by Gasteiger charge is 2.32. The van der Waals surface area contributed by atoms with E-state index in [-0.39, 0.29) is 12.2 Å². The number of aryl methyl sites for hydroxylation is 1. The molecule has 0 saturated carbocycles. The van der Waals surface area contributed by atoms with Gasteiger partial charge in [-0.15, -0.1) is 0 Å². The summed E-state index contributed by atoms with van der Waals surface area (Å²) in [5.74, 6) is -0.562. The highest BCUT2D eigenvalue weighted by atomic mass is 16.5. The lowest BCUT2D eigenvalue weighted by molar-refractivity contribution is -0.129. The van der Waals surface area contributed by atoms with E-state index in [1.165, 1.54) is 6.92 Å². The smallest absolute Gasteiger partial charge is 0.243 e. The van der Waals surface area contributed by atoms with Crippen molar-refractivity contribution in [1.29, 1.82) is 0 Å². The lowest BCUT2D eigenvalue weighted by Crippen LogP contribution is -2.28. The van der Waals surface area contributed by atoms with Crippen molar-refractivity contribution in [2.45, 2.75) is 51.2 Å². The number of carbonyl (C=O) groups excluding carboxylic acids is 2. The Hall–Kier alpha value is -3.26. The van der Waals surface area contributed by atoms with Gasteiger partial charge in [-0.05, 0) is 55.0 Å². The Morgan fingerprint density at radius 2 is 1.59 bits per heavy atom. The molecule has 0 aliphatic carbocycles. The molecule has 0 bridgehead atoms. The SMILES string of the molecule is CC(=O)c1cc(CCC(=O)NO)c(CCC(O)(c2ccccc2)c2ccccc2)n1CCCN.